The third kappa shape index (κ3) is 3.54. The van der Waals surface area contributed by atoms with Gasteiger partial charge in [-0.3, -0.25) is 4.90 Å². The molecule has 0 N–H and O–H groups in total. The number of benzene rings is 1. The van der Waals surface area contributed by atoms with Gasteiger partial charge in [-0.15, -0.1) is 0 Å². The Morgan fingerprint density at radius 1 is 1.09 bits per heavy atom. The van der Waals surface area contributed by atoms with E-state index in [1.807, 2.05) is 31.5 Å². The molecule has 0 atom stereocenters. The maximum Gasteiger partial charge on any atom is 0.125 e. The minimum atomic E-state index is 0.826. The predicted molar refractivity (Wildman–Crippen MR) is 87.3 cm³/mol. The average molecular weight is 298 g/mol. The van der Waals surface area contributed by atoms with Gasteiger partial charge in [0.1, 0.15) is 11.6 Å². The highest BCUT2D eigenvalue weighted by Gasteiger charge is 2.17. The summed E-state index contributed by atoms with van der Waals surface area (Å²) in [5.41, 5.74) is 2.41. The molecule has 0 amide bonds. The summed E-state index contributed by atoms with van der Waals surface area (Å²) < 4.78 is 5.30. The number of ether oxygens (including phenoxy) is 1. The molecule has 3 rings (SSSR count). The van der Waals surface area contributed by atoms with Crippen LogP contribution >= 0.6 is 0 Å². The van der Waals surface area contributed by atoms with Crippen LogP contribution in [0.4, 0.5) is 5.69 Å². The van der Waals surface area contributed by atoms with Crippen LogP contribution in [0.2, 0.25) is 0 Å². The highest BCUT2D eigenvalue weighted by atomic mass is 16.5. The summed E-state index contributed by atoms with van der Waals surface area (Å²) in [7, 11) is 1.71. The Labute approximate surface area is 131 Å². The first kappa shape index (κ1) is 14.8. The Balaban J connectivity index is 1.56. The lowest BCUT2D eigenvalue weighted by Crippen LogP contribution is -2.46. The second-order valence-corrected chi connectivity index (χ2v) is 5.60. The Morgan fingerprint density at radius 3 is 2.50 bits per heavy atom. The maximum atomic E-state index is 5.30. The maximum absolute atomic E-state index is 5.30. The van der Waals surface area contributed by atoms with E-state index >= 15 is 0 Å². The zero-order chi connectivity index (χ0) is 15.4. The zero-order valence-corrected chi connectivity index (χ0v) is 13.2. The number of hydrogen-bond acceptors (Lipinski definition) is 5. The fraction of sp³-hybridized carbons (Fsp3) is 0.412. The monoisotopic (exact) mass is 298 g/mol. The van der Waals surface area contributed by atoms with Gasteiger partial charge in [-0.1, -0.05) is 6.07 Å². The molecule has 5 nitrogen and oxygen atoms in total. The van der Waals surface area contributed by atoms with Crippen molar-refractivity contribution in [1.82, 2.24) is 14.9 Å². The third-order valence-electron chi connectivity index (χ3n) is 4.03. The van der Waals surface area contributed by atoms with Crippen molar-refractivity contribution in [3.8, 4) is 5.75 Å². The van der Waals surface area contributed by atoms with E-state index in [1.165, 1.54) is 11.3 Å². The van der Waals surface area contributed by atoms with Gasteiger partial charge >= 0.3 is 0 Å². The van der Waals surface area contributed by atoms with Crippen LogP contribution in [-0.2, 0) is 6.54 Å². The van der Waals surface area contributed by atoms with Crippen molar-refractivity contribution in [2.75, 3.05) is 38.2 Å². The van der Waals surface area contributed by atoms with Gasteiger partial charge in [-0.2, -0.15) is 0 Å². The van der Waals surface area contributed by atoms with E-state index in [9.17, 15) is 0 Å². The molecule has 0 spiro atoms. The van der Waals surface area contributed by atoms with E-state index in [2.05, 4.69) is 31.9 Å². The van der Waals surface area contributed by atoms with Crippen LogP contribution in [0.15, 0.2) is 36.7 Å². The molecule has 0 saturated carbocycles. The number of anilines is 1. The molecular formula is C17H22N4O. The van der Waals surface area contributed by atoms with Crippen molar-refractivity contribution in [3.05, 3.63) is 48.0 Å². The number of methoxy groups -OCH3 is 1. The smallest absolute Gasteiger partial charge is 0.125 e. The SMILES string of the molecule is COc1cccc(N2CCN(Cc3cnc(C)nc3)CC2)c1. The van der Waals surface area contributed by atoms with E-state index in [4.69, 9.17) is 4.74 Å². The summed E-state index contributed by atoms with van der Waals surface area (Å²) in [4.78, 5) is 13.4. The molecular weight excluding hydrogens is 276 g/mol. The Kier molecular flexibility index (Phi) is 4.53. The number of aromatic nitrogens is 2. The summed E-state index contributed by atoms with van der Waals surface area (Å²) in [6.07, 6.45) is 3.85. The first-order valence-electron chi connectivity index (χ1n) is 7.63. The second-order valence-electron chi connectivity index (χ2n) is 5.60. The first-order chi connectivity index (χ1) is 10.7. The molecule has 0 unspecified atom stereocenters. The van der Waals surface area contributed by atoms with Gasteiger partial charge in [-0.05, 0) is 19.1 Å². The predicted octanol–water partition coefficient (Wildman–Crippen LogP) is 2.12. The van der Waals surface area contributed by atoms with Gasteiger partial charge < -0.3 is 9.64 Å². The average Bonchev–Trinajstić information content (AvgIpc) is 2.58. The van der Waals surface area contributed by atoms with E-state index in [0.717, 1.165) is 44.3 Å². The molecule has 1 aromatic heterocycles. The number of rotatable bonds is 4. The number of nitrogens with zero attached hydrogens (tertiary/aromatic N) is 4. The summed E-state index contributed by atoms with van der Waals surface area (Å²) in [5.74, 6) is 1.74. The molecule has 0 bridgehead atoms. The normalized spacial score (nSPS) is 15.8. The highest BCUT2D eigenvalue weighted by Crippen LogP contribution is 2.22. The molecule has 1 aliphatic heterocycles. The molecule has 0 radical (unpaired) electrons. The number of hydrogen-bond donors (Lipinski definition) is 0. The van der Waals surface area contributed by atoms with Crippen LogP contribution in [0.5, 0.6) is 5.75 Å². The molecule has 1 saturated heterocycles. The minimum absolute atomic E-state index is 0.826. The first-order valence-corrected chi connectivity index (χ1v) is 7.63. The zero-order valence-electron chi connectivity index (χ0n) is 13.2. The Hall–Kier alpha value is -2.14. The largest absolute Gasteiger partial charge is 0.497 e. The van der Waals surface area contributed by atoms with Gasteiger partial charge in [0.2, 0.25) is 0 Å². The molecule has 1 fully saturated rings. The van der Waals surface area contributed by atoms with Crippen molar-refractivity contribution in [3.63, 3.8) is 0 Å². The van der Waals surface area contributed by atoms with Crippen molar-refractivity contribution in [2.24, 2.45) is 0 Å². The fourth-order valence-electron chi connectivity index (χ4n) is 2.73. The van der Waals surface area contributed by atoms with Crippen LogP contribution < -0.4 is 9.64 Å². The molecule has 0 aliphatic carbocycles. The topological polar surface area (TPSA) is 41.5 Å². The summed E-state index contributed by atoms with van der Waals surface area (Å²) >= 11 is 0. The van der Waals surface area contributed by atoms with Gasteiger partial charge in [-0.25, -0.2) is 9.97 Å². The van der Waals surface area contributed by atoms with E-state index in [1.54, 1.807) is 7.11 Å². The quantitative estimate of drug-likeness (QED) is 0.865. The Morgan fingerprint density at radius 2 is 1.82 bits per heavy atom. The van der Waals surface area contributed by atoms with Gasteiger partial charge in [0.05, 0.1) is 7.11 Å². The molecule has 1 aliphatic rings. The van der Waals surface area contributed by atoms with Crippen LogP contribution in [0, 0.1) is 6.92 Å². The lowest BCUT2D eigenvalue weighted by molar-refractivity contribution is 0.249. The summed E-state index contributed by atoms with van der Waals surface area (Å²) in [5, 5.41) is 0. The van der Waals surface area contributed by atoms with E-state index in [0.29, 0.717) is 0 Å². The van der Waals surface area contributed by atoms with E-state index < -0.39 is 0 Å². The lowest BCUT2D eigenvalue weighted by atomic mass is 10.2. The van der Waals surface area contributed by atoms with Crippen LogP contribution in [-0.4, -0.2) is 48.2 Å². The van der Waals surface area contributed by atoms with E-state index in [-0.39, 0.29) is 0 Å². The lowest BCUT2D eigenvalue weighted by Gasteiger charge is -2.36. The standard InChI is InChI=1S/C17H22N4O/c1-14-18-11-15(12-19-14)13-20-6-8-21(9-7-20)16-4-3-5-17(10-16)22-2/h3-5,10-12H,6-9,13H2,1-2H3. The van der Waals surface area contributed by atoms with Crippen molar-refractivity contribution in [2.45, 2.75) is 13.5 Å². The summed E-state index contributed by atoms with van der Waals surface area (Å²) in [6.45, 7) is 6.98. The van der Waals surface area contributed by atoms with Crippen molar-refractivity contribution in [1.29, 1.82) is 0 Å². The highest BCUT2D eigenvalue weighted by molar-refractivity contribution is 5.51. The fourth-order valence-corrected chi connectivity index (χ4v) is 2.73. The molecule has 2 heterocycles. The number of piperazine rings is 1. The van der Waals surface area contributed by atoms with Gasteiger partial charge in [0.15, 0.2) is 0 Å². The molecule has 22 heavy (non-hydrogen) atoms. The van der Waals surface area contributed by atoms with Gasteiger partial charge in [0, 0.05) is 62.4 Å². The van der Waals surface area contributed by atoms with Crippen LogP contribution in [0.1, 0.15) is 11.4 Å². The minimum Gasteiger partial charge on any atom is -0.497 e. The van der Waals surface area contributed by atoms with Crippen molar-refractivity contribution >= 4 is 5.69 Å². The third-order valence-corrected chi connectivity index (χ3v) is 4.03. The van der Waals surface area contributed by atoms with Gasteiger partial charge in [0.25, 0.3) is 0 Å². The molecule has 116 valence electrons. The molecule has 5 heteroatoms. The summed E-state index contributed by atoms with van der Waals surface area (Å²) in [6, 6.07) is 8.27. The van der Waals surface area contributed by atoms with Crippen molar-refractivity contribution < 1.29 is 4.74 Å². The second kappa shape index (κ2) is 6.75. The number of aryl methyl sites for hydroxylation is 1. The van der Waals surface area contributed by atoms with Crippen LogP contribution in [0.3, 0.4) is 0 Å². The Bertz CT molecular complexity index is 606. The van der Waals surface area contributed by atoms with Crippen LogP contribution in [0.25, 0.3) is 0 Å². The molecule has 1 aromatic carbocycles. The molecule has 2 aromatic rings.